The van der Waals surface area contributed by atoms with Crippen molar-refractivity contribution in [3.63, 3.8) is 0 Å². The maximum absolute atomic E-state index is 11.8. The summed E-state index contributed by atoms with van der Waals surface area (Å²) in [6.07, 6.45) is 1.41. The van der Waals surface area contributed by atoms with Crippen LogP contribution in [0.25, 0.3) is 0 Å². The second-order valence-corrected chi connectivity index (χ2v) is 6.60. The molecule has 0 atom stereocenters. The van der Waals surface area contributed by atoms with Crippen molar-refractivity contribution >= 4 is 21.5 Å². The molecule has 1 rings (SSSR count). The van der Waals surface area contributed by atoms with E-state index in [9.17, 15) is 13.2 Å². The van der Waals surface area contributed by atoms with Gasteiger partial charge in [0.1, 0.15) is 15.6 Å². The molecule has 0 amide bonds. The standard InChI is InChI=1S/C13H19NO5S/c1-3-18-12-8-10(7-11(14)9-12)13(15)19-5-4-6-20(2,16)17/h7-9H,3-6,14H2,1-2H3. The third kappa shape index (κ3) is 5.92. The van der Waals surface area contributed by atoms with Crippen molar-refractivity contribution in [2.45, 2.75) is 13.3 Å². The van der Waals surface area contributed by atoms with Crippen molar-refractivity contribution in [1.82, 2.24) is 0 Å². The van der Waals surface area contributed by atoms with Crippen LogP contribution in [-0.4, -0.2) is 39.6 Å². The molecule has 0 aromatic heterocycles. The number of carbonyl (C=O) groups excluding carboxylic acids is 1. The fourth-order valence-electron chi connectivity index (χ4n) is 1.56. The Hall–Kier alpha value is -1.76. The van der Waals surface area contributed by atoms with Gasteiger partial charge in [-0.25, -0.2) is 13.2 Å². The van der Waals surface area contributed by atoms with Crippen LogP contribution < -0.4 is 10.5 Å². The van der Waals surface area contributed by atoms with Gasteiger partial charge in [-0.15, -0.1) is 0 Å². The molecule has 112 valence electrons. The summed E-state index contributed by atoms with van der Waals surface area (Å²) in [6.45, 7) is 2.34. The lowest BCUT2D eigenvalue weighted by Gasteiger charge is -2.08. The maximum atomic E-state index is 11.8. The Kier molecular flexibility index (Phi) is 5.82. The highest BCUT2D eigenvalue weighted by molar-refractivity contribution is 7.90. The van der Waals surface area contributed by atoms with Gasteiger partial charge in [0.05, 0.1) is 24.5 Å². The zero-order chi connectivity index (χ0) is 15.2. The highest BCUT2D eigenvalue weighted by Gasteiger charge is 2.10. The summed E-state index contributed by atoms with van der Waals surface area (Å²) in [5.41, 5.74) is 6.36. The normalized spacial score (nSPS) is 11.1. The molecule has 2 N–H and O–H groups in total. The molecule has 20 heavy (non-hydrogen) atoms. The molecule has 0 aliphatic heterocycles. The van der Waals surface area contributed by atoms with E-state index in [1.54, 1.807) is 12.1 Å². The van der Waals surface area contributed by atoms with E-state index < -0.39 is 15.8 Å². The number of esters is 1. The Balaban J connectivity index is 2.59. The lowest BCUT2D eigenvalue weighted by atomic mass is 10.2. The number of nitrogens with two attached hydrogens (primary N) is 1. The summed E-state index contributed by atoms with van der Waals surface area (Å²) >= 11 is 0. The molecule has 0 radical (unpaired) electrons. The highest BCUT2D eigenvalue weighted by Crippen LogP contribution is 2.19. The Bertz CT molecular complexity index is 568. The summed E-state index contributed by atoms with van der Waals surface area (Å²) in [4.78, 5) is 11.8. The molecular formula is C13H19NO5S. The van der Waals surface area contributed by atoms with Crippen LogP contribution in [0.2, 0.25) is 0 Å². The van der Waals surface area contributed by atoms with Crippen LogP contribution >= 0.6 is 0 Å². The van der Waals surface area contributed by atoms with E-state index in [-0.39, 0.29) is 24.3 Å². The number of sulfone groups is 1. The molecule has 1 aromatic rings. The van der Waals surface area contributed by atoms with Gasteiger partial charge in [0, 0.05) is 18.0 Å². The lowest BCUT2D eigenvalue weighted by molar-refractivity contribution is 0.0505. The van der Waals surface area contributed by atoms with E-state index in [4.69, 9.17) is 15.2 Å². The first-order valence-corrected chi connectivity index (χ1v) is 8.26. The van der Waals surface area contributed by atoms with E-state index in [1.807, 2.05) is 6.92 Å². The molecule has 0 saturated carbocycles. The van der Waals surface area contributed by atoms with E-state index in [2.05, 4.69) is 0 Å². The summed E-state index contributed by atoms with van der Waals surface area (Å²) < 4.78 is 32.1. The Morgan fingerprint density at radius 3 is 2.60 bits per heavy atom. The summed E-state index contributed by atoms with van der Waals surface area (Å²) in [5.74, 6) is -0.0659. The molecule has 0 fully saturated rings. The zero-order valence-electron chi connectivity index (χ0n) is 11.6. The van der Waals surface area contributed by atoms with Gasteiger partial charge < -0.3 is 15.2 Å². The van der Waals surface area contributed by atoms with Crippen molar-refractivity contribution in [1.29, 1.82) is 0 Å². The van der Waals surface area contributed by atoms with Crippen molar-refractivity contribution in [3.8, 4) is 5.75 Å². The van der Waals surface area contributed by atoms with E-state index in [0.29, 0.717) is 18.0 Å². The number of hydrogen-bond acceptors (Lipinski definition) is 6. The van der Waals surface area contributed by atoms with Gasteiger partial charge in [-0.2, -0.15) is 0 Å². The van der Waals surface area contributed by atoms with Gasteiger partial charge >= 0.3 is 5.97 Å². The van der Waals surface area contributed by atoms with Crippen LogP contribution in [0.1, 0.15) is 23.7 Å². The van der Waals surface area contributed by atoms with Crippen molar-refractivity contribution in [3.05, 3.63) is 23.8 Å². The fourth-order valence-corrected chi connectivity index (χ4v) is 2.20. The minimum Gasteiger partial charge on any atom is -0.494 e. The number of carbonyl (C=O) groups is 1. The quantitative estimate of drug-likeness (QED) is 0.463. The SMILES string of the molecule is CCOc1cc(N)cc(C(=O)OCCCS(C)(=O)=O)c1. The smallest absolute Gasteiger partial charge is 0.338 e. The van der Waals surface area contributed by atoms with E-state index >= 15 is 0 Å². The maximum Gasteiger partial charge on any atom is 0.338 e. The molecule has 0 bridgehead atoms. The van der Waals surface area contributed by atoms with Crippen molar-refractivity contribution in [2.75, 3.05) is 31.0 Å². The monoisotopic (exact) mass is 301 g/mol. The third-order valence-electron chi connectivity index (χ3n) is 2.37. The fraction of sp³-hybridized carbons (Fsp3) is 0.462. The molecule has 7 heteroatoms. The van der Waals surface area contributed by atoms with Gasteiger partial charge in [-0.05, 0) is 25.5 Å². The van der Waals surface area contributed by atoms with Crippen LogP contribution in [0.4, 0.5) is 5.69 Å². The van der Waals surface area contributed by atoms with Crippen LogP contribution in [0.3, 0.4) is 0 Å². The van der Waals surface area contributed by atoms with Gasteiger partial charge in [0.15, 0.2) is 0 Å². The lowest BCUT2D eigenvalue weighted by Crippen LogP contribution is -2.11. The minimum atomic E-state index is -3.04. The summed E-state index contributed by atoms with van der Waals surface area (Å²) in [7, 11) is -3.04. The first-order chi connectivity index (χ1) is 9.31. The van der Waals surface area contributed by atoms with E-state index in [1.165, 1.54) is 6.07 Å². The Morgan fingerprint density at radius 2 is 2.00 bits per heavy atom. The Labute approximate surface area is 118 Å². The summed E-state index contributed by atoms with van der Waals surface area (Å²) in [5, 5.41) is 0. The zero-order valence-corrected chi connectivity index (χ0v) is 12.4. The second kappa shape index (κ2) is 7.14. The number of ether oxygens (including phenoxy) is 2. The summed E-state index contributed by atoms with van der Waals surface area (Å²) in [6, 6.07) is 4.64. The third-order valence-corrected chi connectivity index (χ3v) is 3.40. The predicted molar refractivity (Wildman–Crippen MR) is 76.6 cm³/mol. The Morgan fingerprint density at radius 1 is 1.30 bits per heavy atom. The molecule has 0 spiro atoms. The van der Waals surface area contributed by atoms with Crippen LogP contribution in [0.5, 0.6) is 5.75 Å². The predicted octanol–water partition coefficient (Wildman–Crippen LogP) is 1.26. The average molecular weight is 301 g/mol. The molecular weight excluding hydrogens is 282 g/mol. The molecule has 0 aliphatic rings. The number of benzene rings is 1. The highest BCUT2D eigenvalue weighted by atomic mass is 32.2. The van der Waals surface area contributed by atoms with Crippen LogP contribution in [0.15, 0.2) is 18.2 Å². The van der Waals surface area contributed by atoms with Gasteiger partial charge in [0.2, 0.25) is 0 Å². The molecule has 0 saturated heterocycles. The molecule has 6 nitrogen and oxygen atoms in total. The van der Waals surface area contributed by atoms with Crippen LogP contribution in [0, 0.1) is 0 Å². The molecule has 0 aliphatic carbocycles. The first-order valence-electron chi connectivity index (χ1n) is 6.20. The number of nitrogen functional groups attached to an aromatic ring is 1. The first kappa shape index (κ1) is 16.3. The molecule has 0 heterocycles. The van der Waals surface area contributed by atoms with Gasteiger partial charge in [0.25, 0.3) is 0 Å². The van der Waals surface area contributed by atoms with Crippen molar-refractivity contribution < 1.29 is 22.7 Å². The number of anilines is 1. The molecule has 0 unspecified atom stereocenters. The van der Waals surface area contributed by atoms with Crippen molar-refractivity contribution in [2.24, 2.45) is 0 Å². The second-order valence-electron chi connectivity index (χ2n) is 4.34. The molecule has 1 aromatic carbocycles. The number of hydrogen-bond donors (Lipinski definition) is 1. The average Bonchev–Trinajstić information content (AvgIpc) is 2.33. The topological polar surface area (TPSA) is 95.7 Å². The van der Waals surface area contributed by atoms with Gasteiger partial charge in [-0.1, -0.05) is 0 Å². The van der Waals surface area contributed by atoms with E-state index in [0.717, 1.165) is 6.26 Å². The number of rotatable bonds is 7. The van der Waals surface area contributed by atoms with Crippen LogP contribution in [-0.2, 0) is 14.6 Å². The largest absolute Gasteiger partial charge is 0.494 e. The van der Waals surface area contributed by atoms with Gasteiger partial charge in [-0.3, -0.25) is 0 Å². The minimum absolute atomic E-state index is 0.0125.